The van der Waals surface area contributed by atoms with Crippen LogP contribution in [0.25, 0.3) is 88.4 Å². The maximum Gasteiger partial charge on any atom is 0.418 e. The van der Waals surface area contributed by atoms with Gasteiger partial charge in [0.1, 0.15) is 0 Å². The molecule has 0 fully saturated rings. The molecule has 8 aromatic carbocycles. The van der Waals surface area contributed by atoms with Gasteiger partial charge in [0.2, 0.25) is 0 Å². The second-order valence-corrected chi connectivity index (χ2v) is 15.7. The van der Waals surface area contributed by atoms with Crippen molar-refractivity contribution in [1.29, 1.82) is 21.0 Å². The summed E-state index contributed by atoms with van der Waals surface area (Å²) < 4.78 is 94.3. The van der Waals surface area contributed by atoms with Crippen LogP contribution in [0.4, 0.5) is 26.3 Å². The summed E-state index contributed by atoms with van der Waals surface area (Å²) in [6, 6.07) is 48.8. The van der Waals surface area contributed by atoms with Gasteiger partial charge in [-0.3, -0.25) is 0 Å². The van der Waals surface area contributed by atoms with Crippen molar-refractivity contribution in [2.24, 2.45) is 0 Å². The molecule has 0 aliphatic heterocycles. The average Bonchev–Trinajstić information content (AvgIpc) is 3.84. The summed E-state index contributed by atoms with van der Waals surface area (Å²) in [5.74, 6) is 0. The average molecular weight is 873 g/mol. The standard InChI is InChI=1S/C54H26F6N6/c55-53(56,57)40-7-5-6-37(22-40)43-25-52(66-48-11-4-2-9-42(48)45-24-36(13-15-50(45)66)39-20-33(29-63)17-34(21-39)30-64)46(54(58,59)60)26-51(43)65-47-10-3-1-8-41(47)44-23-35(12-14-49(44)65)38-18-31(27-61)16-32(19-38)28-62/h1-26H. The molecule has 10 aromatic rings. The number of rotatable bonds is 5. The summed E-state index contributed by atoms with van der Waals surface area (Å²) in [5.41, 5.74) is 2.78. The number of alkyl halides is 6. The Kier molecular flexibility index (Phi) is 9.50. The summed E-state index contributed by atoms with van der Waals surface area (Å²) >= 11 is 0. The molecule has 0 amide bonds. The van der Waals surface area contributed by atoms with E-state index in [1.54, 1.807) is 108 Å². The van der Waals surface area contributed by atoms with E-state index in [1.165, 1.54) is 34.9 Å². The predicted molar refractivity (Wildman–Crippen MR) is 240 cm³/mol. The first-order valence-corrected chi connectivity index (χ1v) is 20.2. The van der Waals surface area contributed by atoms with Gasteiger partial charge in [-0.05, 0) is 125 Å². The lowest BCUT2D eigenvalue weighted by molar-refractivity contribution is -0.138. The molecular weight excluding hydrogens is 847 g/mol. The molecule has 6 nitrogen and oxygen atoms in total. The van der Waals surface area contributed by atoms with Crippen LogP contribution in [0.15, 0.2) is 158 Å². The molecule has 12 heteroatoms. The van der Waals surface area contributed by atoms with Crippen molar-refractivity contribution < 1.29 is 26.3 Å². The summed E-state index contributed by atoms with van der Waals surface area (Å²) in [6.07, 6.45) is -9.76. The van der Waals surface area contributed by atoms with E-state index < -0.39 is 23.5 Å². The Hall–Kier alpha value is -9.10. The second-order valence-electron chi connectivity index (χ2n) is 15.7. The number of aromatic nitrogens is 2. The molecule has 0 spiro atoms. The number of hydrogen-bond acceptors (Lipinski definition) is 4. The van der Waals surface area contributed by atoms with Gasteiger partial charge in [0, 0.05) is 27.1 Å². The van der Waals surface area contributed by atoms with Crippen LogP contribution in [-0.2, 0) is 12.4 Å². The molecule has 314 valence electrons. The van der Waals surface area contributed by atoms with Crippen molar-refractivity contribution in [3.63, 3.8) is 0 Å². The van der Waals surface area contributed by atoms with Crippen LogP contribution in [0.5, 0.6) is 0 Å². The van der Waals surface area contributed by atoms with Crippen molar-refractivity contribution in [3.8, 4) is 69.0 Å². The van der Waals surface area contributed by atoms with E-state index in [2.05, 4.69) is 24.3 Å². The maximum atomic E-state index is 16.0. The van der Waals surface area contributed by atoms with Gasteiger partial charge in [0.15, 0.2) is 0 Å². The highest BCUT2D eigenvalue weighted by Gasteiger charge is 2.37. The van der Waals surface area contributed by atoms with Crippen LogP contribution in [-0.4, -0.2) is 9.13 Å². The van der Waals surface area contributed by atoms with Crippen molar-refractivity contribution in [3.05, 3.63) is 191 Å². The molecule has 2 aromatic heterocycles. The van der Waals surface area contributed by atoms with Crippen LogP contribution in [0, 0.1) is 45.3 Å². The summed E-state index contributed by atoms with van der Waals surface area (Å²) in [6.45, 7) is 0. The minimum Gasteiger partial charge on any atom is -0.309 e. The third-order valence-electron chi connectivity index (χ3n) is 11.8. The van der Waals surface area contributed by atoms with E-state index in [1.807, 2.05) is 6.07 Å². The Balaban J connectivity index is 1.29. The minimum atomic E-state index is -4.99. The molecule has 66 heavy (non-hydrogen) atoms. The third kappa shape index (κ3) is 6.82. The Labute approximate surface area is 371 Å². The lowest BCUT2D eigenvalue weighted by Gasteiger charge is -2.22. The molecule has 0 atom stereocenters. The highest BCUT2D eigenvalue weighted by atomic mass is 19.4. The lowest BCUT2D eigenvalue weighted by Crippen LogP contribution is -2.13. The molecule has 0 unspecified atom stereocenters. The maximum absolute atomic E-state index is 16.0. The molecule has 0 aliphatic rings. The Morgan fingerprint density at radius 3 is 1.26 bits per heavy atom. The van der Waals surface area contributed by atoms with Crippen molar-refractivity contribution in [1.82, 2.24) is 9.13 Å². The number of fused-ring (bicyclic) bond motifs is 6. The normalized spacial score (nSPS) is 11.7. The van der Waals surface area contributed by atoms with Gasteiger partial charge in [-0.2, -0.15) is 47.4 Å². The van der Waals surface area contributed by atoms with E-state index in [0.717, 1.165) is 18.2 Å². The molecule has 2 heterocycles. The molecule has 10 rings (SSSR count). The van der Waals surface area contributed by atoms with Gasteiger partial charge in [-0.1, -0.05) is 60.7 Å². The Morgan fingerprint density at radius 2 is 0.803 bits per heavy atom. The van der Waals surface area contributed by atoms with E-state index in [9.17, 15) is 34.2 Å². The fourth-order valence-corrected chi connectivity index (χ4v) is 8.94. The zero-order valence-corrected chi connectivity index (χ0v) is 34.0. The van der Waals surface area contributed by atoms with E-state index in [-0.39, 0.29) is 44.8 Å². The molecular formula is C54H26F6N6. The number of halogens is 6. The highest BCUT2D eigenvalue weighted by Crippen LogP contribution is 2.46. The SMILES string of the molecule is N#Cc1cc(C#N)cc(-c2ccc3c(c2)c2ccccc2n3-c2cc(C(F)(F)F)c(-n3c4ccccc4c4cc(-c5cc(C#N)cc(C#N)c5)ccc43)cc2-c2cccc(C(F)(F)F)c2)c1. The van der Waals surface area contributed by atoms with Crippen molar-refractivity contribution in [2.45, 2.75) is 12.4 Å². The van der Waals surface area contributed by atoms with Crippen LogP contribution in [0.1, 0.15) is 33.4 Å². The first-order valence-electron chi connectivity index (χ1n) is 20.2. The summed E-state index contributed by atoms with van der Waals surface area (Å²) in [7, 11) is 0. The summed E-state index contributed by atoms with van der Waals surface area (Å²) in [4.78, 5) is 0. The fourth-order valence-electron chi connectivity index (χ4n) is 8.94. The van der Waals surface area contributed by atoms with E-state index in [0.29, 0.717) is 65.9 Å². The van der Waals surface area contributed by atoms with Gasteiger partial charge >= 0.3 is 12.4 Å². The van der Waals surface area contributed by atoms with Crippen LogP contribution in [0.2, 0.25) is 0 Å². The van der Waals surface area contributed by atoms with Gasteiger partial charge in [0.05, 0.1) is 91.1 Å². The lowest BCUT2D eigenvalue weighted by atomic mass is 9.96. The predicted octanol–water partition coefficient (Wildman–Crippen LogP) is 14.4. The zero-order chi connectivity index (χ0) is 46.1. The van der Waals surface area contributed by atoms with Crippen LogP contribution < -0.4 is 0 Å². The Morgan fingerprint density at radius 1 is 0.348 bits per heavy atom. The largest absolute Gasteiger partial charge is 0.418 e. The van der Waals surface area contributed by atoms with Gasteiger partial charge in [-0.25, -0.2) is 0 Å². The molecule has 0 radical (unpaired) electrons. The number of nitriles is 4. The van der Waals surface area contributed by atoms with Crippen LogP contribution in [0.3, 0.4) is 0 Å². The third-order valence-corrected chi connectivity index (χ3v) is 11.8. The number of hydrogen-bond donors (Lipinski definition) is 0. The number of para-hydroxylation sites is 2. The van der Waals surface area contributed by atoms with Gasteiger partial charge < -0.3 is 9.13 Å². The Bertz CT molecular complexity index is 3800. The molecule has 0 bridgehead atoms. The first-order chi connectivity index (χ1) is 31.8. The van der Waals surface area contributed by atoms with E-state index in [4.69, 9.17) is 0 Å². The topological polar surface area (TPSA) is 105 Å². The highest BCUT2D eigenvalue weighted by molar-refractivity contribution is 6.12. The van der Waals surface area contributed by atoms with Crippen LogP contribution >= 0.6 is 0 Å². The molecule has 0 saturated heterocycles. The summed E-state index contributed by atoms with van der Waals surface area (Å²) in [5, 5.41) is 41.1. The monoisotopic (exact) mass is 872 g/mol. The smallest absolute Gasteiger partial charge is 0.309 e. The van der Waals surface area contributed by atoms with Crippen molar-refractivity contribution in [2.75, 3.05) is 0 Å². The minimum absolute atomic E-state index is 0.0171. The van der Waals surface area contributed by atoms with E-state index >= 15 is 13.2 Å². The molecule has 0 aliphatic carbocycles. The molecule has 0 N–H and O–H groups in total. The fraction of sp³-hybridized carbons (Fsp3) is 0.0370. The van der Waals surface area contributed by atoms with Crippen molar-refractivity contribution >= 4 is 43.6 Å². The molecule has 0 saturated carbocycles. The first kappa shape index (κ1) is 40.9. The number of benzene rings is 8. The van der Waals surface area contributed by atoms with Gasteiger partial charge in [0.25, 0.3) is 0 Å². The zero-order valence-electron chi connectivity index (χ0n) is 34.0. The quantitative estimate of drug-likeness (QED) is 0.161. The second kappa shape index (κ2) is 15.3. The number of nitrogens with zero attached hydrogens (tertiary/aromatic N) is 6. The van der Waals surface area contributed by atoms with Gasteiger partial charge in [-0.15, -0.1) is 0 Å².